The number of rotatable bonds is 9. The van der Waals surface area contributed by atoms with Crippen molar-refractivity contribution in [3.05, 3.63) is 218 Å². The molecule has 0 saturated heterocycles. The Balaban J connectivity index is 1.24. The second kappa shape index (κ2) is 16.3. The van der Waals surface area contributed by atoms with E-state index in [4.69, 9.17) is 29.9 Å². The van der Waals surface area contributed by atoms with Gasteiger partial charge in [0.05, 0.1) is 34.2 Å². The molecule has 4 heterocycles. The van der Waals surface area contributed by atoms with Crippen LogP contribution in [0.2, 0.25) is 0 Å². The molecule has 6 aromatic carbocycles. The molecule has 0 N–H and O–H groups in total. The van der Waals surface area contributed by atoms with E-state index in [0.717, 1.165) is 84.2 Å². The maximum absolute atomic E-state index is 5.31. The van der Waals surface area contributed by atoms with Gasteiger partial charge < -0.3 is 0 Å². The smallest absolute Gasteiger partial charge is 0.164 e. The Kier molecular flexibility index (Phi) is 9.84. The van der Waals surface area contributed by atoms with E-state index >= 15 is 0 Å². The van der Waals surface area contributed by atoms with Gasteiger partial charge in [-0.15, -0.1) is 0 Å². The molecule has 0 radical (unpaired) electrons. The number of pyridine rings is 3. The summed E-state index contributed by atoms with van der Waals surface area (Å²) < 4.78 is 0. The zero-order valence-corrected chi connectivity index (χ0v) is 32.5. The van der Waals surface area contributed by atoms with E-state index in [1.165, 1.54) is 0 Å². The Labute approximate surface area is 348 Å². The molecule has 0 aliphatic heterocycles. The van der Waals surface area contributed by atoms with Crippen molar-refractivity contribution in [1.29, 1.82) is 0 Å². The second-order valence-corrected chi connectivity index (χ2v) is 14.4. The van der Waals surface area contributed by atoms with E-state index in [1.807, 2.05) is 109 Å². The average Bonchev–Trinajstić information content (AvgIpc) is 3.35. The van der Waals surface area contributed by atoms with E-state index in [-0.39, 0.29) is 0 Å². The summed E-state index contributed by atoms with van der Waals surface area (Å²) >= 11 is 0. The van der Waals surface area contributed by atoms with E-state index in [9.17, 15) is 0 Å². The molecule has 10 rings (SSSR count). The van der Waals surface area contributed by atoms with Crippen molar-refractivity contribution in [3.63, 3.8) is 0 Å². The fraction of sp³-hybridized carbons (Fsp3) is 0. The molecule has 0 aliphatic carbocycles. The van der Waals surface area contributed by atoms with Gasteiger partial charge in [0, 0.05) is 50.1 Å². The average molecular weight is 769 g/mol. The summed E-state index contributed by atoms with van der Waals surface area (Å²) in [5.74, 6) is 1.56. The first-order valence-corrected chi connectivity index (χ1v) is 19.9. The van der Waals surface area contributed by atoms with Crippen LogP contribution < -0.4 is 0 Å². The highest BCUT2D eigenvalue weighted by molar-refractivity contribution is 5.80. The third-order valence-corrected chi connectivity index (χ3v) is 10.3. The first-order valence-electron chi connectivity index (χ1n) is 19.9. The van der Waals surface area contributed by atoms with Crippen molar-refractivity contribution < 1.29 is 0 Å². The van der Waals surface area contributed by atoms with Gasteiger partial charge in [0.15, 0.2) is 17.5 Å². The van der Waals surface area contributed by atoms with Crippen molar-refractivity contribution in [2.45, 2.75) is 0 Å². The Morgan fingerprint density at radius 1 is 0.167 bits per heavy atom. The minimum absolute atomic E-state index is 0.519. The topological polar surface area (TPSA) is 77.3 Å². The van der Waals surface area contributed by atoms with Gasteiger partial charge in [-0.2, -0.15) is 0 Å². The van der Waals surface area contributed by atoms with Crippen molar-refractivity contribution >= 4 is 0 Å². The van der Waals surface area contributed by atoms with Gasteiger partial charge in [0.2, 0.25) is 0 Å². The molecule has 4 aromatic heterocycles. The zero-order valence-electron chi connectivity index (χ0n) is 32.5. The second-order valence-electron chi connectivity index (χ2n) is 14.4. The third kappa shape index (κ3) is 7.73. The van der Waals surface area contributed by atoms with Crippen LogP contribution in [0.25, 0.3) is 102 Å². The summed E-state index contributed by atoms with van der Waals surface area (Å²) in [4.78, 5) is 31.4. The summed E-state index contributed by atoms with van der Waals surface area (Å²) in [6.07, 6.45) is 0. The van der Waals surface area contributed by atoms with Crippen LogP contribution >= 0.6 is 0 Å². The molecule has 0 saturated carbocycles. The van der Waals surface area contributed by atoms with Crippen molar-refractivity contribution in [2.24, 2.45) is 0 Å². The molecule has 6 heteroatoms. The lowest BCUT2D eigenvalue weighted by molar-refractivity contribution is 1.07. The molecular formula is C54H36N6. The largest absolute Gasteiger partial charge is 0.248 e. The Hall–Kier alpha value is -8.22. The van der Waals surface area contributed by atoms with Crippen LogP contribution in [-0.4, -0.2) is 29.9 Å². The number of hydrogen-bond donors (Lipinski definition) is 0. The number of benzene rings is 6. The molecular weight excluding hydrogens is 733 g/mol. The predicted molar refractivity (Wildman–Crippen MR) is 242 cm³/mol. The molecule has 6 nitrogen and oxygen atoms in total. The Morgan fingerprint density at radius 2 is 0.333 bits per heavy atom. The van der Waals surface area contributed by atoms with Crippen LogP contribution in [0.1, 0.15) is 0 Å². The molecule has 0 atom stereocenters. The van der Waals surface area contributed by atoms with Crippen molar-refractivity contribution in [2.75, 3.05) is 0 Å². The van der Waals surface area contributed by atoms with Gasteiger partial charge in [0.25, 0.3) is 0 Å². The van der Waals surface area contributed by atoms with Crippen molar-refractivity contribution in [1.82, 2.24) is 29.9 Å². The summed E-state index contributed by atoms with van der Waals surface area (Å²) in [5, 5.41) is 0. The SMILES string of the molecule is c1ccc(-c2cc(-c3nc(-c4cc(-c5ccccc5)nc(-c5ccccc5)c4)nc(-c4cc(-c5ccccc5)nc(-c5ccccc5)c4)n3)cc(-c3ccccc3)n2)cc1. The van der Waals surface area contributed by atoms with Crippen LogP contribution in [0.15, 0.2) is 218 Å². The van der Waals surface area contributed by atoms with Gasteiger partial charge in [-0.3, -0.25) is 0 Å². The monoisotopic (exact) mass is 768 g/mol. The van der Waals surface area contributed by atoms with Gasteiger partial charge in [-0.1, -0.05) is 182 Å². The summed E-state index contributed by atoms with van der Waals surface area (Å²) in [6.45, 7) is 0. The lowest BCUT2D eigenvalue weighted by atomic mass is 10.0. The molecule has 0 fully saturated rings. The van der Waals surface area contributed by atoms with Gasteiger partial charge in [-0.25, -0.2) is 29.9 Å². The third-order valence-electron chi connectivity index (χ3n) is 10.3. The Morgan fingerprint density at radius 3 is 0.500 bits per heavy atom. The number of nitrogens with zero attached hydrogens (tertiary/aromatic N) is 6. The minimum Gasteiger partial charge on any atom is -0.248 e. The molecule has 10 aromatic rings. The van der Waals surface area contributed by atoms with E-state index in [2.05, 4.69) is 109 Å². The van der Waals surface area contributed by atoms with Crippen LogP contribution in [-0.2, 0) is 0 Å². The van der Waals surface area contributed by atoms with Crippen LogP contribution in [0.3, 0.4) is 0 Å². The number of aromatic nitrogens is 6. The van der Waals surface area contributed by atoms with Gasteiger partial charge in [0.1, 0.15) is 0 Å². The highest BCUT2D eigenvalue weighted by atomic mass is 15.0. The Bertz CT molecular complexity index is 2530. The van der Waals surface area contributed by atoms with Crippen molar-refractivity contribution in [3.8, 4) is 102 Å². The van der Waals surface area contributed by atoms with E-state index < -0.39 is 0 Å². The zero-order chi connectivity index (χ0) is 40.1. The molecule has 0 amide bonds. The van der Waals surface area contributed by atoms with Crippen LogP contribution in [0.4, 0.5) is 0 Å². The first kappa shape index (κ1) is 36.1. The quantitative estimate of drug-likeness (QED) is 0.145. The molecule has 0 unspecified atom stereocenters. The highest BCUT2D eigenvalue weighted by Crippen LogP contribution is 2.35. The predicted octanol–water partition coefficient (Wildman–Crippen LogP) is 13.1. The number of hydrogen-bond acceptors (Lipinski definition) is 6. The molecule has 60 heavy (non-hydrogen) atoms. The van der Waals surface area contributed by atoms with Gasteiger partial charge >= 0.3 is 0 Å². The normalized spacial score (nSPS) is 11.0. The van der Waals surface area contributed by atoms with Crippen LogP contribution in [0, 0.1) is 0 Å². The summed E-state index contributed by atoms with van der Waals surface area (Å²) in [7, 11) is 0. The highest BCUT2D eigenvalue weighted by Gasteiger charge is 2.19. The lowest BCUT2D eigenvalue weighted by Crippen LogP contribution is -2.03. The van der Waals surface area contributed by atoms with Crippen LogP contribution in [0.5, 0.6) is 0 Å². The maximum atomic E-state index is 5.31. The fourth-order valence-electron chi connectivity index (χ4n) is 7.28. The molecule has 0 aliphatic rings. The summed E-state index contributed by atoms with van der Waals surface area (Å²) in [5.41, 5.74) is 13.3. The van der Waals surface area contributed by atoms with Gasteiger partial charge in [-0.05, 0) is 36.4 Å². The molecule has 0 spiro atoms. The molecule has 282 valence electrons. The first-order chi connectivity index (χ1) is 29.7. The standard InChI is InChI=1S/C54H36N6/c1-7-19-37(20-8-1)46-31-43(32-47(55-46)38-21-9-2-10-22-38)52-58-53(44-33-48(39-23-11-3-12-24-39)56-49(34-44)40-25-13-4-14-26-40)60-54(59-52)45-35-50(41-27-15-5-16-28-41)57-51(36-45)42-29-17-6-18-30-42/h1-36H. The van der Waals surface area contributed by atoms with E-state index in [0.29, 0.717) is 17.5 Å². The molecule has 0 bridgehead atoms. The lowest BCUT2D eigenvalue weighted by Gasteiger charge is -2.14. The minimum atomic E-state index is 0.519. The fourth-order valence-corrected chi connectivity index (χ4v) is 7.28. The maximum Gasteiger partial charge on any atom is 0.164 e. The summed E-state index contributed by atoms with van der Waals surface area (Å²) in [6, 6.07) is 73.7. The van der Waals surface area contributed by atoms with E-state index in [1.54, 1.807) is 0 Å².